The third-order valence-corrected chi connectivity index (χ3v) is 14.5. The molecule has 0 fully saturated rings. The minimum absolute atomic E-state index is 1.10. The van der Waals surface area contributed by atoms with Gasteiger partial charge in [0.1, 0.15) is 0 Å². The quantitative estimate of drug-likeness (QED) is 0.158. The van der Waals surface area contributed by atoms with E-state index in [1.54, 1.807) is 0 Å². The normalized spacial score (nSPS) is 12.1. The molecule has 14 rings (SSSR count). The molecule has 0 radical (unpaired) electrons. The van der Waals surface area contributed by atoms with Crippen molar-refractivity contribution in [3.05, 3.63) is 224 Å². The lowest BCUT2D eigenvalue weighted by molar-refractivity contribution is 1.16. The van der Waals surface area contributed by atoms with Gasteiger partial charge in [-0.2, -0.15) is 0 Å². The molecule has 0 saturated heterocycles. The summed E-state index contributed by atoms with van der Waals surface area (Å²) >= 11 is 1.86. The van der Waals surface area contributed by atoms with Gasteiger partial charge in [0.05, 0.1) is 22.4 Å². The summed E-state index contributed by atoms with van der Waals surface area (Å²) in [6.07, 6.45) is 0. The average Bonchev–Trinajstić information content (AvgIpc) is 3.90. The Morgan fingerprint density at radius 1 is 0.266 bits per heavy atom. The summed E-state index contributed by atoms with van der Waals surface area (Å²) in [5, 5.41) is 14.7. The molecular formula is C60H37N3S. The fraction of sp³-hybridized carbons (Fsp3) is 0. The van der Waals surface area contributed by atoms with Crippen LogP contribution in [0.4, 0.5) is 0 Å². The van der Waals surface area contributed by atoms with Crippen LogP contribution in [0.1, 0.15) is 0 Å². The second-order valence-corrected chi connectivity index (χ2v) is 18.0. The number of hydrogen-bond acceptors (Lipinski definition) is 1. The predicted octanol–water partition coefficient (Wildman–Crippen LogP) is 16.8. The molecular weight excluding hydrogens is 795 g/mol. The van der Waals surface area contributed by atoms with E-state index in [-0.39, 0.29) is 0 Å². The fourth-order valence-electron chi connectivity index (χ4n) is 10.5. The van der Waals surface area contributed by atoms with Gasteiger partial charge in [-0.1, -0.05) is 133 Å². The molecule has 0 N–H and O–H groups in total. The summed E-state index contributed by atoms with van der Waals surface area (Å²) in [4.78, 5) is 0. The molecule has 0 atom stereocenters. The van der Waals surface area contributed by atoms with Crippen molar-refractivity contribution < 1.29 is 0 Å². The second kappa shape index (κ2) is 13.7. The number of hydrogen-bond donors (Lipinski definition) is 0. The van der Waals surface area contributed by atoms with E-state index >= 15 is 0 Å². The van der Waals surface area contributed by atoms with Gasteiger partial charge in [-0.25, -0.2) is 0 Å². The Morgan fingerprint density at radius 2 is 0.797 bits per heavy atom. The number of rotatable bonds is 3. The number of para-hydroxylation sites is 1. The first-order valence-corrected chi connectivity index (χ1v) is 22.7. The van der Waals surface area contributed by atoms with Crippen LogP contribution in [0.15, 0.2) is 224 Å². The van der Waals surface area contributed by atoms with Crippen molar-refractivity contribution in [3.63, 3.8) is 0 Å². The van der Waals surface area contributed by atoms with Crippen LogP contribution in [0.5, 0.6) is 0 Å². The monoisotopic (exact) mass is 831 g/mol. The van der Waals surface area contributed by atoms with Crippen LogP contribution in [0, 0.1) is 0 Å². The topological polar surface area (TPSA) is 14.8 Å². The zero-order valence-corrected chi connectivity index (χ0v) is 35.4. The fourth-order valence-corrected chi connectivity index (χ4v) is 11.7. The predicted molar refractivity (Wildman–Crippen MR) is 275 cm³/mol. The van der Waals surface area contributed by atoms with Crippen LogP contribution < -0.4 is 0 Å². The summed E-state index contributed by atoms with van der Waals surface area (Å²) < 4.78 is 9.97. The molecule has 3 heterocycles. The van der Waals surface area contributed by atoms with Gasteiger partial charge >= 0.3 is 0 Å². The molecule has 0 spiro atoms. The van der Waals surface area contributed by atoms with Gasteiger partial charge in [0.2, 0.25) is 0 Å². The highest BCUT2D eigenvalue weighted by molar-refractivity contribution is 7.25. The van der Waals surface area contributed by atoms with Crippen molar-refractivity contribution in [3.8, 4) is 17.1 Å². The largest absolute Gasteiger partial charge is 0.310 e. The zero-order valence-electron chi connectivity index (χ0n) is 34.6. The Morgan fingerprint density at radius 3 is 1.59 bits per heavy atom. The molecule has 0 aliphatic heterocycles. The number of fused-ring (bicyclic) bond motifs is 14. The van der Waals surface area contributed by atoms with Crippen molar-refractivity contribution >= 4 is 118 Å². The Kier molecular flexibility index (Phi) is 7.56. The molecule has 0 unspecified atom stereocenters. The van der Waals surface area contributed by atoms with Crippen LogP contribution >= 0.6 is 11.3 Å². The molecule has 0 aliphatic carbocycles. The van der Waals surface area contributed by atoms with Gasteiger partial charge in [-0.3, -0.25) is 0 Å². The minimum Gasteiger partial charge on any atom is -0.310 e. The first-order valence-electron chi connectivity index (χ1n) is 21.9. The highest BCUT2D eigenvalue weighted by atomic mass is 32.1. The third-order valence-electron chi connectivity index (χ3n) is 13.4. The number of thiophene rings is 1. The van der Waals surface area contributed by atoms with Crippen LogP contribution in [-0.2, 0) is 0 Å². The maximum absolute atomic E-state index is 2.48. The highest BCUT2D eigenvalue weighted by Crippen LogP contribution is 2.40. The van der Waals surface area contributed by atoms with Gasteiger partial charge in [0, 0.05) is 64.1 Å². The lowest BCUT2D eigenvalue weighted by atomic mass is 10.0. The summed E-state index contributed by atoms with van der Waals surface area (Å²) in [6, 6.07) is 83.4. The van der Waals surface area contributed by atoms with Crippen molar-refractivity contribution in [2.75, 3.05) is 0 Å². The second-order valence-electron chi connectivity index (χ2n) is 16.9. The van der Waals surface area contributed by atoms with E-state index in [1.807, 2.05) is 11.3 Å². The molecule has 3 aromatic heterocycles. The number of aromatic nitrogens is 3. The summed E-state index contributed by atoms with van der Waals surface area (Å²) in [6.45, 7) is 0. The molecule has 4 heteroatoms. The molecule has 14 aromatic rings. The van der Waals surface area contributed by atoms with E-state index in [9.17, 15) is 0 Å². The molecule has 0 amide bonds. The van der Waals surface area contributed by atoms with E-state index in [0.29, 0.717) is 0 Å². The first-order chi connectivity index (χ1) is 31.7. The van der Waals surface area contributed by atoms with Crippen molar-refractivity contribution in [2.45, 2.75) is 0 Å². The molecule has 8 bridgehead atoms. The van der Waals surface area contributed by atoms with Gasteiger partial charge in [-0.15, -0.1) is 11.3 Å². The van der Waals surface area contributed by atoms with Crippen LogP contribution in [-0.4, -0.2) is 13.7 Å². The minimum atomic E-state index is 1.10. The lowest BCUT2D eigenvalue weighted by Gasteiger charge is -2.16. The smallest absolute Gasteiger partial charge is 0.0562 e. The number of benzene rings is 11. The lowest BCUT2D eigenvalue weighted by Crippen LogP contribution is -1.99. The molecule has 3 nitrogen and oxygen atoms in total. The van der Waals surface area contributed by atoms with Crippen molar-refractivity contribution in [1.82, 2.24) is 13.7 Å². The maximum Gasteiger partial charge on any atom is 0.0562 e. The summed E-state index contributed by atoms with van der Waals surface area (Å²) in [7, 11) is 0. The van der Waals surface area contributed by atoms with E-state index in [2.05, 4.69) is 238 Å². The van der Waals surface area contributed by atoms with Crippen molar-refractivity contribution in [2.24, 2.45) is 0 Å². The van der Waals surface area contributed by atoms with E-state index in [1.165, 1.54) is 80.0 Å². The Bertz CT molecular complexity index is 4320. The van der Waals surface area contributed by atoms with Crippen LogP contribution in [0.2, 0.25) is 0 Å². The zero-order chi connectivity index (χ0) is 41.9. The van der Waals surface area contributed by atoms with Crippen molar-refractivity contribution in [1.29, 1.82) is 0 Å². The highest BCUT2D eigenvalue weighted by Gasteiger charge is 2.19. The third kappa shape index (κ3) is 5.27. The molecule has 0 aliphatic rings. The Balaban J connectivity index is 1.12. The SMILES string of the molecule is c1ccc2c(-n3c4ccccc4c4c(-n5c6cccc(c6)c6cccc(c6)n(-c6ccc7c(c6)sc6ccccc67)c6ccc7ccc8ccc5cc8c7c6)cccc43)cccc2c1. The van der Waals surface area contributed by atoms with Gasteiger partial charge in [0.15, 0.2) is 0 Å². The Hall–Kier alpha value is -8.18. The molecule has 11 aromatic carbocycles. The van der Waals surface area contributed by atoms with Gasteiger partial charge in [-0.05, 0) is 129 Å². The van der Waals surface area contributed by atoms with E-state index < -0.39 is 0 Å². The van der Waals surface area contributed by atoms with E-state index in [0.717, 1.165) is 44.2 Å². The standard InChI is InChI=1S/C60H37N3S/c1-2-17-48-38(11-1)12-9-21-54(48)63-55-20-5-3-19-51(55)60-56(22-10-23-57(60)63)62-44-16-8-14-42(34-44)41-13-7-15-43(33-41)61(47-31-32-50-49-18-4-6-24-58(49)64-59(50)37-47)45-29-27-39-25-26-40-28-30-46(62)36-53(40)52(39)35-45/h1-37H. The average molecular weight is 832 g/mol. The molecule has 0 saturated carbocycles. The molecule has 64 heavy (non-hydrogen) atoms. The maximum atomic E-state index is 2.48. The summed E-state index contributed by atoms with van der Waals surface area (Å²) in [5.41, 5.74) is 10.2. The van der Waals surface area contributed by atoms with Crippen LogP contribution in [0.25, 0.3) is 124 Å². The molecule has 298 valence electrons. The summed E-state index contributed by atoms with van der Waals surface area (Å²) in [5.74, 6) is 0. The van der Waals surface area contributed by atoms with Crippen LogP contribution in [0.3, 0.4) is 0 Å². The van der Waals surface area contributed by atoms with Gasteiger partial charge in [0.25, 0.3) is 0 Å². The first kappa shape index (κ1) is 35.4. The number of nitrogens with zero attached hydrogens (tertiary/aromatic N) is 3. The Labute approximate surface area is 371 Å². The van der Waals surface area contributed by atoms with E-state index in [4.69, 9.17) is 0 Å². The van der Waals surface area contributed by atoms with Gasteiger partial charge < -0.3 is 13.7 Å².